The van der Waals surface area contributed by atoms with E-state index >= 15 is 0 Å². The predicted molar refractivity (Wildman–Crippen MR) is 117 cm³/mol. The Bertz CT molecular complexity index is 1010. The standard InChI is InChI=1S/C23H21ClN2O4/c1-28-20-11-18(12-21(13-20)29-2)23(27)26-25-14-17-5-3-4-6-22(17)30-15-16-7-9-19(24)10-8-16/h3-14H,15H2,1-2H3,(H,26,27). The van der Waals surface area contributed by atoms with Gasteiger partial charge in [-0.1, -0.05) is 35.9 Å². The summed E-state index contributed by atoms with van der Waals surface area (Å²) >= 11 is 5.91. The molecular formula is C23H21ClN2O4. The van der Waals surface area contributed by atoms with Crippen molar-refractivity contribution in [3.63, 3.8) is 0 Å². The van der Waals surface area contributed by atoms with Gasteiger partial charge in [0.15, 0.2) is 0 Å². The summed E-state index contributed by atoms with van der Waals surface area (Å²) in [4.78, 5) is 12.4. The summed E-state index contributed by atoms with van der Waals surface area (Å²) in [5.41, 5.74) is 4.60. The molecule has 1 amide bonds. The smallest absolute Gasteiger partial charge is 0.271 e. The van der Waals surface area contributed by atoms with E-state index in [1.54, 1.807) is 18.2 Å². The lowest BCUT2D eigenvalue weighted by molar-refractivity contribution is 0.0954. The van der Waals surface area contributed by atoms with Crippen molar-refractivity contribution in [1.82, 2.24) is 5.43 Å². The fourth-order valence-corrected chi connectivity index (χ4v) is 2.75. The maximum Gasteiger partial charge on any atom is 0.271 e. The van der Waals surface area contributed by atoms with E-state index < -0.39 is 0 Å². The molecule has 0 spiro atoms. The second-order valence-electron chi connectivity index (χ2n) is 6.25. The molecule has 3 aromatic rings. The van der Waals surface area contributed by atoms with E-state index in [2.05, 4.69) is 10.5 Å². The van der Waals surface area contributed by atoms with Crippen LogP contribution < -0.4 is 19.6 Å². The Labute approximate surface area is 180 Å². The molecule has 154 valence electrons. The van der Waals surface area contributed by atoms with Gasteiger partial charge in [0.1, 0.15) is 23.9 Å². The van der Waals surface area contributed by atoms with Gasteiger partial charge in [0, 0.05) is 22.2 Å². The number of nitrogens with zero attached hydrogens (tertiary/aromatic N) is 1. The highest BCUT2D eigenvalue weighted by atomic mass is 35.5. The Hall–Kier alpha value is -3.51. The topological polar surface area (TPSA) is 69.2 Å². The molecule has 30 heavy (non-hydrogen) atoms. The van der Waals surface area contributed by atoms with Crippen LogP contribution in [-0.4, -0.2) is 26.3 Å². The molecule has 0 aromatic heterocycles. The molecule has 0 aliphatic rings. The van der Waals surface area contributed by atoms with E-state index in [4.69, 9.17) is 25.8 Å². The van der Waals surface area contributed by atoms with Gasteiger partial charge in [0.25, 0.3) is 5.91 Å². The number of ether oxygens (including phenoxy) is 3. The van der Waals surface area contributed by atoms with E-state index in [0.29, 0.717) is 34.4 Å². The molecule has 0 fully saturated rings. The third-order valence-electron chi connectivity index (χ3n) is 4.21. The second kappa shape index (κ2) is 10.3. The zero-order valence-corrected chi connectivity index (χ0v) is 17.3. The summed E-state index contributed by atoms with van der Waals surface area (Å²) in [5.74, 6) is 1.30. The Morgan fingerprint density at radius 2 is 1.67 bits per heavy atom. The lowest BCUT2D eigenvalue weighted by Crippen LogP contribution is -2.17. The molecule has 1 N–H and O–H groups in total. The van der Waals surface area contributed by atoms with E-state index in [9.17, 15) is 4.79 Å². The fraction of sp³-hybridized carbons (Fsp3) is 0.130. The number of carbonyl (C=O) groups is 1. The normalized spacial score (nSPS) is 10.6. The number of methoxy groups -OCH3 is 2. The third-order valence-corrected chi connectivity index (χ3v) is 4.46. The average Bonchev–Trinajstić information content (AvgIpc) is 2.79. The first-order valence-corrected chi connectivity index (χ1v) is 9.49. The van der Waals surface area contributed by atoms with Crippen molar-refractivity contribution in [3.05, 3.63) is 88.4 Å². The molecule has 0 saturated carbocycles. The summed E-state index contributed by atoms with van der Waals surface area (Å²) < 4.78 is 16.3. The number of hydrazone groups is 1. The number of halogens is 1. The van der Waals surface area contributed by atoms with Crippen LogP contribution in [0.2, 0.25) is 5.02 Å². The van der Waals surface area contributed by atoms with E-state index in [0.717, 1.165) is 11.1 Å². The lowest BCUT2D eigenvalue weighted by Gasteiger charge is -2.09. The van der Waals surface area contributed by atoms with Gasteiger partial charge in [-0.25, -0.2) is 5.43 Å². The van der Waals surface area contributed by atoms with Crippen LogP contribution in [0.25, 0.3) is 0 Å². The highest BCUT2D eigenvalue weighted by Gasteiger charge is 2.09. The molecule has 0 radical (unpaired) electrons. The minimum Gasteiger partial charge on any atom is -0.497 e. The van der Waals surface area contributed by atoms with Gasteiger partial charge < -0.3 is 14.2 Å². The number of carbonyl (C=O) groups excluding carboxylic acids is 1. The quantitative estimate of drug-likeness (QED) is 0.420. The zero-order chi connectivity index (χ0) is 21.3. The SMILES string of the molecule is COc1cc(OC)cc(C(=O)NN=Cc2ccccc2OCc2ccc(Cl)cc2)c1. The van der Waals surface area contributed by atoms with Gasteiger partial charge in [-0.05, 0) is 42.0 Å². The van der Waals surface area contributed by atoms with Crippen molar-refractivity contribution >= 4 is 23.7 Å². The Kier molecular flexibility index (Phi) is 7.29. The molecule has 6 nitrogen and oxygen atoms in total. The third kappa shape index (κ3) is 5.75. The number of nitrogens with one attached hydrogen (secondary N) is 1. The van der Waals surface area contributed by atoms with Crippen molar-refractivity contribution in [2.45, 2.75) is 6.61 Å². The molecule has 7 heteroatoms. The summed E-state index contributed by atoms with van der Waals surface area (Å²) in [5, 5.41) is 4.73. The van der Waals surface area contributed by atoms with Crippen LogP contribution in [0.5, 0.6) is 17.2 Å². The van der Waals surface area contributed by atoms with Gasteiger partial charge in [-0.15, -0.1) is 0 Å². The van der Waals surface area contributed by atoms with Crippen LogP contribution in [0, 0.1) is 0 Å². The van der Waals surface area contributed by atoms with Crippen LogP contribution in [0.1, 0.15) is 21.5 Å². The first-order chi connectivity index (χ1) is 14.6. The summed E-state index contributed by atoms with van der Waals surface area (Å²) in [6.45, 7) is 0.387. The van der Waals surface area contributed by atoms with Gasteiger partial charge in [-0.2, -0.15) is 5.10 Å². The van der Waals surface area contributed by atoms with Gasteiger partial charge in [0.05, 0.1) is 20.4 Å². The molecule has 0 saturated heterocycles. The van der Waals surface area contributed by atoms with E-state index in [1.165, 1.54) is 20.4 Å². The summed E-state index contributed by atoms with van der Waals surface area (Å²) in [7, 11) is 3.05. The molecule has 0 heterocycles. The summed E-state index contributed by atoms with van der Waals surface area (Å²) in [6.07, 6.45) is 1.53. The van der Waals surface area contributed by atoms with Crippen molar-refractivity contribution in [2.75, 3.05) is 14.2 Å². The Morgan fingerprint density at radius 3 is 2.33 bits per heavy atom. The number of hydrogen-bond donors (Lipinski definition) is 1. The van der Waals surface area contributed by atoms with Crippen molar-refractivity contribution in [3.8, 4) is 17.2 Å². The highest BCUT2D eigenvalue weighted by molar-refractivity contribution is 6.30. The van der Waals surface area contributed by atoms with Crippen LogP contribution in [0.15, 0.2) is 71.8 Å². The molecule has 0 bridgehead atoms. The number of para-hydroxylation sites is 1. The number of hydrogen-bond acceptors (Lipinski definition) is 5. The Balaban J connectivity index is 1.66. The maximum absolute atomic E-state index is 12.4. The first-order valence-electron chi connectivity index (χ1n) is 9.12. The number of rotatable bonds is 8. The lowest BCUT2D eigenvalue weighted by atomic mass is 10.2. The fourth-order valence-electron chi connectivity index (χ4n) is 2.62. The molecule has 3 aromatic carbocycles. The summed E-state index contributed by atoms with van der Waals surface area (Å²) in [6, 6.07) is 19.8. The Morgan fingerprint density at radius 1 is 1.00 bits per heavy atom. The zero-order valence-electron chi connectivity index (χ0n) is 16.6. The van der Waals surface area contributed by atoms with Crippen molar-refractivity contribution < 1.29 is 19.0 Å². The number of benzene rings is 3. The van der Waals surface area contributed by atoms with Gasteiger partial charge in [-0.3, -0.25) is 4.79 Å². The van der Waals surface area contributed by atoms with Crippen LogP contribution >= 0.6 is 11.6 Å². The largest absolute Gasteiger partial charge is 0.497 e. The second-order valence-corrected chi connectivity index (χ2v) is 6.69. The molecule has 0 aliphatic heterocycles. The van der Waals surface area contributed by atoms with Crippen LogP contribution in [0.4, 0.5) is 0 Å². The molecular weight excluding hydrogens is 404 g/mol. The first kappa shape index (κ1) is 21.2. The minimum atomic E-state index is -0.386. The molecule has 0 atom stereocenters. The minimum absolute atomic E-state index is 0.371. The molecule has 0 aliphatic carbocycles. The van der Waals surface area contributed by atoms with Gasteiger partial charge >= 0.3 is 0 Å². The molecule has 0 unspecified atom stereocenters. The van der Waals surface area contributed by atoms with Gasteiger partial charge in [0.2, 0.25) is 0 Å². The van der Waals surface area contributed by atoms with Crippen molar-refractivity contribution in [1.29, 1.82) is 0 Å². The predicted octanol–water partition coefficient (Wildman–Crippen LogP) is 4.70. The monoisotopic (exact) mass is 424 g/mol. The van der Waals surface area contributed by atoms with Crippen LogP contribution in [-0.2, 0) is 6.61 Å². The number of amides is 1. The maximum atomic E-state index is 12.4. The average molecular weight is 425 g/mol. The van der Waals surface area contributed by atoms with E-state index in [-0.39, 0.29) is 5.91 Å². The van der Waals surface area contributed by atoms with Crippen molar-refractivity contribution in [2.24, 2.45) is 5.10 Å². The highest BCUT2D eigenvalue weighted by Crippen LogP contribution is 2.22. The van der Waals surface area contributed by atoms with E-state index in [1.807, 2.05) is 48.5 Å². The molecule has 3 rings (SSSR count). The van der Waals surface area contributed by atoms with Crippen LogP contribution in [0.3, 0.4) is 0 Å².